The third kappa shape index (κ3) is 2.74. The molecule has 0 bridgehead atoms. The molecular formula is C24H26OSi. The summed E-state index contributed by atoms with van der Waals surface area (Å²) >= 11 is 0. The fraction of sp³-hybridized carbons (Fsp3) is 0.250. The van der Waals surface area contributed by atoms with E-state index < -0.39 is 8.07 Å². The predicted octanol–water partition coefficient (Wildman–Crippen LogP) is 4.73. The van der Waals surface area contributed by atoms with Crippen LogP contribution in [0.4, 0.5) is 0 Å². The maximum Gasteiger partial charge on any atom is 0.157 e. The van der Waals surface area contributed by atoms with Crippen molar-refractivity contribution in [1.29, 1.82) is 0 Å². The Morgan fingerprint density at radius 3 is 1.50 bits per heavy atom. The van der Waals surface area contributed by atoms with Gasteiger partial charge >= 0.3 is 0 Å². The molecule has 0 radical (unpaired) electrons. The van der Waals surface area contributed by atoms with Gasteiger partial charge in [-0.25, -0.2) is 0 Å². The predicted molar refractivity (Wildman–Crippen MR) is 112 cm³/mol. The first-order valence-electron chi connectivity index (χ1n) is 9.36. The van der Waals surface area contributed by atoms with Gasteiger partial charge in [-0.1, -0.05) is 122 Å². The van der Waals surface area contributed by atoms with Crippen molar-refractivity contribution in [1.82, 2.24) is 0 Å². The summed E-state index contributed by atoms with van der Waals surface area (Å²) in [7, 11) is -2.18. The molecule has 0 saturated carbocycles. The molecule has 0 N–H and O–H groups in total. The summed E-state index contributed by atoms with van der Waals surface area (Å²) in [4.78, 5) is 0. The minimum Gasteiger partial charge on any atom is -0.367 e. The van der Waals surface area contributed by atoms with Gasteiger partial charge in [0.25, 0.3) is 0 Å². The third-order valence-electron chi connectivity index (χ3n) is 5.69. The third-order valence-corrected chi connectivity index (χ3v) is 11.8. The second kappa shape index (κ2) is 6.53. The van der Waals surface area contributed by atoms with E-state index in [0.29, 0.717) is 0 Å². The Kier molecular flexibility index (Phi) is 4.34. The van der Waals surface area contributed by atoms with Crippen molar-refractivity contribution in [2.75, 3.05) is 0 Å². The molecule has 1 aliphatic heterocycles. The van der Waals surface area contributed by atoms with Crippen LogP contribution in [-0.4, -0.2) is 13.8 Å². The average molecular weight is 359 g/mol. The van der Waals surface area contributed by atoms with Crippen LogP contribution in [0.3, 0.4) is 0 Å². The molecule has 1 nitrogen and oxygen atoms in total. The zero-order chi connectivity index (χ0) is 18.2. The van der Waals surface area contributed by atoms with Gasteiger partial charge in [0.1, 0.15) is 6.10 Å². The van der Waals surface area contributed by atoms with Crippen LogP contribution in [0.5, 0.6) is 0 Å². The molecule has 0 aromatic heterocycles. The van der Waals surface area contributed by atoms with Crippen LogP contribution < -0.4 is 10.4 Å². The number of epoxide rings is 1. The van der Waals surface area contributed by atoms with E-state index in [1.807, 2.05) is 0 Å². The molecule has 0 unspecified atom stereocenters. The van der Waals surface area contributed by atoms with Crippen LogP contribution in [0.25, 0.3) is 0 Å². The topological polar surface area (TPSA) is 12.5 Å². The van der Waals surface area contributed by atoms with Crippen molar-refractivity contribution in [3.63, 3.8) is 0 Å². The standard InChI is InChI=1S/C24H26OSi/c1-24(2,3)26(20-15-9-5-10-16-20,21-17-11-6-12-18-21)23-22(25-23)19-13-7-4-8-14-19/h4-18,22-23H,1-3H3/t22-,23-/m0/s1. The summed E-state index contributed by atoms with van der Waals surface area (Å²) in [6, 6.07) is 32.9. The van der Waals surface area contributed by atoms with E-state index in [4.69, 9.17) is 4.74 Å². The molecule has 2 heteroatoms. The summed E-state index contributed by atoms with van der Waals surface area (Å²) in [6.07, 6.45) is 0.197. The van der Waals surface area contributed by atoms with E-state index in [-0.39, 0.29) is 16.9 Å². The van der Waals surface area contributed by atoms with Gasteiger partial charge in [0.15, 0.2) is 8.07 Å². The van der Waals surface area contributed by atoms with Gasteiger partial charge in [-0.05, 0) is 10.6 Å². The lowest BCUT2D eigenvalue weighted by Gasteiger charge is -2.43. The summed E-state index contributed by atoms with van der Waals surface area (Å²) in [5.41, 5.74) is 1.56. The summed E-state index contributed by atoms with van der Waals surface area (Å²) in [5, 5.41) is 3.05. The average Bonchev–Trinajstić information content (AvgIpc) is 3.45. The minimum atomic E-state index is -2.18. The fourth-order valence-corrected chi connectivity index (χ4v) is 10.5. The summed E-state index contributed by atoms with van der Waals surface area (Å²) < 4.78 is 6.47. The molecule has 3 aromatic rings. The normalized spacial score (nSPS) is 20.0. The van der Waals surface area contributed by atoms with Crippen molar-refractivity contribution in [2.45, 2.75) is 37.6 Å². The lowest BCUT2D eigenvalue weighted by molar-refractivity contribution is 0.398. The Bertz CT molecular complexity index is 813. The van der Waals surface area contributed by atoms with E-state index in [9.17, 15) is 0 Å². The Morgan fingerprint density at radius 2 is 1.08 bits per heavy atom. The van der Waals surface area contributed by atoms with E-state index in [1.165, 1.54) is 15.9 Å². The number of ether oxygens (including phenoxy) is 1. The maximum absolute atomic E-state index is 6.47. The second-order valence-corrected chi connectivity index (χ2v) is 13.0. The van der Waals surface area contributed by atoms with Gasteiger partial charge in [-0.2, -0.15) is 0 Å². The van der Waals surface area contributed by atoms with Crippen LogP contribution in [0.15, 0.2) is 91.0 Å². The number of rotatable bonds is 4. The van der Waals surface area contributed by atoms with Gasteiger partial charge in [-0.3, -0.25) is 0 Å². The molecule has 0 aliphatic carbocycles. The minimum absolute atomic E-state index is 0.129. The smallest absolute Gasteiger partial charge is 0.157 e. The zero-order valence-electron chi connectivity index (χ0n) is 15.7. The summed E-state index contributed by atoms with van der Waals surface area (Å²) in [5.74, 6) is 0. The molecule has 0 amide bonds. The molecule has 1 saturated heterocycles. The van der Waals surface area contributed by atoms with Crippen LogP contribution in [-0.2, 0) is 4.74 Å². The summed E-state index contributed by atoms with van der Waals surface area (Å²) in [6.45, 7) is 7.18. The first-order chi connectivity index (χ1) is 12.5. The van der Waals surface area contributed by atoms with E-state index in [1.54, 1.807) is 0 Å². The number of benzene rings is 3. The Labute approximate surface area is 157 Å². The Hall–Kier alpha value is -2.16. The van der Waals surface area contributed by atoms with Crippen LogP contribution in [0, 0.1) is 0 Å². The quantitative estimate of drug-likeness (QED) is 0.485. The number of hydrogen-bond acceptors (Lipinski definition) is 1. The van der Waals surface area contributed by atoms with Gasteiger partial charge in [0, 0.05) is 0 Å². The highest BCUT2D eigenvalue weighted by Gasteiger charge is 2.63. The van der Waals surface area contributed by atoms with Crippen molar-refractivity contribution in [3.8, 4) is 0 Å². The van der Waals surface area contributed by atoms with Gasteiger partial charge < -0.3 is 4.74 Å². The van der Waals surface area contributed by atoms with E-state index in [2.05, 4.69) is 112 Å². The first kappa shape index (κ1) is 17.3. The van der Waals surface area contributed by atoms with Crippen molar-refractivity contribution in [3.05, 3.63) is 96.6 Å². The SMILES string of the molecule is CC(C)(C)[Si](c1ccccc1)(c1ccccc1)[C@@H]1O[C@H]1c1ccccc1. The van der Waals surface area contributed by atoms with Gasteiger partial charge in [0.2, 0.25) is 0 Å². The van der Waals surface area contributed by atoms with Crippen LogP contribution in [0.2, 0.25) is 5.04 Å². The highest BCUT2D eigenvalue weighted by Crippen LogP contribution is 2.51. The van der Waals surface area contributed by atoms with Crippen molar-refractivity contribution >= 4 is 18.4 Å². The lowest BCUT2D eigenvalue weighted by atomic mass is 10.2. The number of hydrogen-bond donors (Lipinski definition) is 0. The maximum atomic E-state index is 6.47. The van der Waals surface area contributed by atoms with E-state index in [0.717, 1.165) is 0 Å². The molecule has 2 atom stereocenters. The fourth-order valence-electron chi connectivity index (χ4n) is 4.53. The molecule has 26 heavy (non-hydrogen) atoms. The Morgan fingerprint density at radius 1 is 0.654 bits per heavy atom. The van der Waals surface area contributed by atoms with Gasteiger partial charge in [-0.15, -0.1) is 0 Å². The molecule has 132 valence electrons. The van der Waals surface area contributed by atoms with Crippen molar-refractivity contribution < 1.29 is 4.74 Å². The lowest BCUT2D eigenvalue weighted by Crippen LogP contribution is -2.68. The molecule has 3 aromatic carbocycles. The Balaban J connectivity index is 1.90. The molecule has 0 spiro atoms. The van der Waals surface area contributed by atoms with Crippen LogP contribution >= 0.6 is 0 Å². The monoisotopic (exact) mass is 358 g/mol. The van der Waals surface area contributed by atoms with Gasteiger partial charge in [0.05, 0.1) is 5.73 Å². The van der Waals surface area contributed by atoms with Crippen molar-refractivity contribution in [2.24, 2.45) is 0 Å². The van der Waals surface area contributed by atoms with Crippen LogP contribution in [0.1, 0.15) is 32.4 Å². The molecule has 1 aliphatic rings. The van der Waals surface area contributed by atoms with E-state index >= 15 is 0 Å². The molecular weight excluding hydrogens is 332 g/mol. The highest BCUT2D eigenvalue weighted by molar-refractivity contribution is 7.05. The highest BCUT2D eigenvalue weighted by atomic mass is 28.3. The first-order valence-corrected chi connectivity index (χ1v) is 11.4. The molecule has 1 heterocycles. The second-order valence-electron chi connectivity index (χ2n) is 8.18. The molecule has 1 fully saturated rings. The molecule has 4 rings (SSSR count). The largest absolute Gasteiger partial charge is 0.367 e. The zero-order valence-corrected chi connectivity index (χ0v) is 16.7.